The molecule has 0 aliphatic rings. The maximum atomic E-state index is 13.1. The molecule has 0 fully saturated rings. The third-order valence-corrected chi connectivity index (χ3v) is 11.1. The van der Waals surface area contributed by atoms with E-state index in [-0.39, 0.29) is 35.9 Å². The van der Waals surface area contributed by atoms with Crippen LogP contribution < -0.4 is 5.32 Å². The molecule has 0 aromatic rings. The second-order valence-electron chi connectivity index (χ2n) is 9.07. The van der Waals surface area contributed by atoms with Crippen LogP contribution in [0.4, 0.5) is 0 Å². The molecular formula is C17H40NO8P3. The Hall–Kier alpha value is 0.160. The van der Waals surface area contributed by atoms with Crippen molar-refractivity contribution in [2.75, 3.05) is 12.7 Å². The number of amides is 1. The van der Waals surface area contributed by atoms with E-state index in [2.05, 4.69) is 55.5 Å². The fourth-order valence-electron chi connectivity index (χ4n) is 3.20. The third kappa shape index (κ3) is 9.45. The first-order valence-corrected chi connectivity index (χ1v) is 14.4. The Bertz CT molecular complexity index is 583. The van der Waals surface area contributed by atoms with Gasteiger partial charge in [-0.2, -0.15) is 0 Å². The van der Waals surface area contributed by atoms with Crippen molar-refractivity contribution in [1.29, 1.82) is 0 Å². The van der Waals surface area contributed by atoms with Crippen molar-refractivity contribution in [3.8, 4) is 0 Å². The van der Waals surface area contributed by atoms with Crippen molar-refractivity contribution in [2.45, 2.75) is 74.1 Å². The van der Waals surface area contributed by atoms with Crippen LogP contribution in [0.3, 0.4) is 0 Å². The summed E-state index contributed by atoms with van der Waals surface area (Å²) in [4.78, 5) is 41.0. The molecule has 0 heterocycles. The van der Waals surface area contributed by atoms with Gasteiger partial charge in [-0.1, -0.05) is 0 Å². The molecule has 176 valence electrons. The van der Waals surface area contributed by atoms with Crippen LogP contribution in [0.15, 0.2) is 0 Å². The van der Waals surface area contributed by atoms with Gasteiger partial charge >= 0.3 is 176 Å². The molecule has 12 heteroatoms. The summed E-state index contributed by atoms with van der Waals surface area (Å²) in [6.45, 7) is 14.7. The van der Waals surface area contributed by atoms with Crippen LogP contribution >= 0.6 is 24.5 Å². The first-order chi connectivity index (χ1) is 13.0. The van der Waals surface area contributed by atoms with Crippen LogP contribution in [-0.4, -0.2) is 33.3 Å². The van der Waals surface area contributed by atoms with Gasteiger partial charge in [-0.25, -0.2) is 0 Å². The molecule has 0 aromatic carbocycles. The monoisotopic (exact) mass is 479 g/mol. The molecule has 0 aromatic heterocycles. The minimum absolute atomic E-state index is 0.0192. The summed E-state index contributed by atoms with van der Waals surface area (Å²) in [6.07, 6.45) is 2.39. The zero-order chi connectivity index (χ0) is 23.1. The van der Waals surface area contributed by atoms with E-state index in [1.165, 1.54) is 0 Å². The van der Waals surface area contributed by atoms with Crippen molar-refractivity contribution in [3.63, 3.8) is 0 Å². The first kappa shape index (κ1) is 29.2. The van der Waals surface area contributed by atoms with Crippen molar-refractivity contribution in [1.82, 2.24) is 5.32 Å². The molecule has 3 unspecified atom stereocenters. The molecule has 0 saturated carbocycles. The summed E-state index contributed by atoms with van der Waals surface area (Å²) in [6, 6.07) is 0. The Kier molecular flexibility index (Phi) is 11.8. The molecule has 0 spiro atoms. The van der Waals surface area contributed by atoms with E-state index >= 15 is 0 Å². The van der Waals surface area contributed by atoms with Gasteiger partial charge in [-0.15, -0.1) is 0 Å². The summed E-state index contributed by atoms with van der Waals surface area (Å²) in [5.41, 5.74) is -0.901. The van der Waals surface area contributed by atoms with E-state index in [4.69, 9.17) is 9.79 Å². The molecule has 0 saturated heterocycles. The van der Waals surface area contributed by atoms with Crippen LogP contribution in [0.5, 0.6) is 0 Å². The summed E-state index contributed by atoms with van der Waals surface area (Å²) < 4.78 is 30.8. The number of hydrogen-bond acceptors (Lipinski definition) is 6. The van der Waals surface area contributed by atoms with Gasteiger partial charge in [-0.05, 0) is 0 Å². The van der Waals surface area contributed by atoms with Crippen molar-refractivity contribution in [3.05, 3.63) is 0 Å². The van der Waals surface area contributed by atoms with Crippen LogP contribution in [0.1, 0.15) is 74.1 Å². The Morgan fingerprint density at radius 2 is 1.48 bits per heavy atom. The summed E-state index contributed by atoms with van der Waals surface area (Å²) in [7, 11) is -11.4. The predicted molar refractivity (Wildman–Crippen MR) is 119 cm³/mol. The zero-order valence-corrected chi connectivity index (χ0v) is 21.6. The molecule has 0 aliphatic carbocycles. The first-order valence-electron chi connectivity index (χ1n) is 9.89. The number of rotatable bonds is 14. The summed E-state index contributed by atoms with van der Waals surface area (Å²) in [5.74, 6) is -0.107. The van der Waals surface area contributed by atoms with Crippen molar-refractivity contribution < 1.29 is 37.2 Å². The van der Waals surface area contributed by atoms with E-state index in [1.54, 1.807) is 0 Å². The number of nitrogens with one attached hydrogen (secondary N) is 1. The molecular weight excluding hydrogens is 439 g/mol. The van der Waals surface area contributed by atoms with Gasteiger partial charge in [0.1, 0.15) is 0 Å². The van der Waals surface area contributed by atoms with Gasteiger partial charge in [0, 0.05) is 0 Å². The Balaban J connectivity index is 5.16. The van der Waals surface area contributed by atoms with E-state index in [9.17, 15) is 18.8 Å². The fourth-order valence-corrected chi connectivity index (χ4v) is 7.37. The molecule has 0 rings (SSSR count). The van der Waals surface area contributed by atoms with Crippen LogP contribution in [0.2, 0.25) is 0 Å². The van der Waals surface area contributed by atoms with E-state index in [0.29, 0.717) is 6.42 Å². The van der Waals surface area contributed by atoms with Gasteiger partial charge in [0.15, 0.2) is 0 Å². The maximum absolute atomic E-state index is 13.1. The second-order valence-corrected chi connectivity index (χ2v) is 13.7. The molecule has 29 heavy (non-hydrogen) atoms. The zero-order valence-electron chi connectivity index (χ0n) is 18.6. The van der Waals surface area contributed by atoms with Gasteiger partial charge in [0.2, 0.25) is 0 Å². The van der Waals surface area contributed by atoms with Gasteiger partial charge < -0.3 is 0 Å². The predicted octanol–water partition coefficient (Wildman–Crippen LogP) is 4.05. The molecule has 3 atom stereocenters. The summed E-state index contributed by atoms with van der Waals surface area (Å²) in [5, 5.41) is 2.89. The molecule has 0 bridgehead atoms. The normalized spacial score (nSPS) is 18.0. The third-order valence-electron chi connectivity index (χ3n) is 6.12. The Morgan fingerprint density at radius 3 is 1.86 bits per heavy atom. The van der Waals surface area contributed by atoms with E-state index in [0.717, 1.165) is 12.8 Å². The van der Waals surface area contributed by atoms with Crippen molar-refractivity contribution >= 4 is 30.4 Å². The quantitative estimate of drug-likeness (QED) is 0.216. The Labute approximate surface area is 176 Å². The molecule has 1 amide bonds. The molecule has 9 nitrogen and oxygen atoms in total. The second kappa shape index (κ2) is 11.7. The SMILES string of the molecule is CCC(C)(C)CC(C)(C(=O)NCCC[PH](O)(O[PH](=O)O)O[PH](=O)O)C(C)(C)CC. The fraction of sp³-hybridized carbons (Fsp3) is 0.941. The van der Waals surface area contributed by atoms with Gasteiger partial charge in [-0.3, -0.25) is 0 Å². The van der Waals surface area contributed by atoms with Crippen molar-refractivity contribution in [2.24, 2.45) is 16.2 Å². The number of hydrogen-bond donors (Lipinski definition) is 4. The average Bonchev–Trinajstić information content (AvgIpc) is 2.56. The number of carbonyl (C=O) groups is 1. The minimum atomic E-state index is -4.27. The topological polar surface area (TPSA) is 142 Å². The summed E-state index contributed by atoms with van der Waals surface area (Å²) >= 11 is 0. The van der Waals surface area contributed by atoms with Crippen LogP contribution in [0, 0.1) is 16.2 Å². The molecule has 0 radical (unpaired) electrons. The van der Waals surface area contributed by atoms with Crippen LogP contribution in [0.25, 0.3) is 0 Å². The number of carbonyl (C=O) groups excluding carboxylic acids is 1. The average molecular weight is 479 g/mol. The Morgan fingerprint density at radius 1 is 1.00 bits per heavy atom. The van der Waals surface area contributed by atoms with Gasteiger partial charge in [0.05, 0.1) is 0 Å². The molecule has 4 N–H and O–H groups in total. The standard InChI is InChI=1S/C17H40NO8P3/c1-8-15(3,4)13-17(7,16(5,6)9-2)14(19)18-11-10-12-29(24,25-27(20)21)26-28(22)23/h24,27-29H,8-13H2,1-7H3,(H,18,19)(H,20,21)(H,22,23). The van der Waals surface area contributed by atoms with E-state index in [1.807, 2.05) is 6.92 Å². The van der Waals surface area contributed by atoms with Crippen LogP contribution in [-0.2, 0) is 22.5 Å². The molecule has 0 aliphatic heterocycles. The van der Waals surface area contributed by atoms with E-state index < -0.39 is 29.9 Å². The van der Waals surface area contributed by atoms with Gasteiger partial charge in [0.25, 0.3) is 0 Å².